The van der Waals surface area contributed by atoms with E-state index in [-0.39, 0.29) is 12.2 Å². The minimum Gasteiger partial charge on any atom is -0.465 e. The average Bonchev–Trinajstić information content (AvgIpc) is 3.33. The van der Waals surface area contributed by atoms with Crippen LogP contribution < -0.4 is 4.90 Å². The molecule has 1 aromatic heterocycles. The van der Waals surface area contributed by atoms with Gasteiger partial charge in [0.2, 0.25) is 0 Å². The molecule has 5 heteroatoms. The highest BCUT2D eigenvalue weighted by Crippen LogP contribution is 2.42. The number of hydrogen-bond acceptors (Lipinski definition) is 4. The van der Waals surface area contributed by atoms with Gasteiger partial charge in [0, 0.05) is 12.1 Å². The van der Waals surface area contributed by atoms with Crippen LogP contribution in [0.4, 0.5) is 5.69 Å². The molecule has 1 N–H and O–H groups in total. The predicted molar refractivity (Wildman–Crippen MR) is 110 cm³/mol. The fourth-order valence-electron chi connectivity index (χ4n) is 3.66. The first-order valence-corrected chi connectivity index (χ1v) is 9.50. The fourth-order valence-corrected chi connectivity index (χ4v) is 3.66. The van der Waals surface area contributed by atoms with Crippen LogP contribution in [0.25, 0.3) is 6.08 Å². The molecule has 1 aliphatic rings. The second-order valence-electron chi connectivity index (χ2n) is 7.06. The smallest absolute Gasteiger partial charge is 0.264 e. The number of hydrogen-bond donors (Lipinski definition) is 1. The molecule has 1 aliphatic heterocycles. The number of nitrogens with zero attached hydrogens (tertiary/aromatic N) is 1. The molecular weight excluding hydrogens is 366 g/mol. The number of ketones is 1. The third-order valence-electron chi connectivity index (χ3n) is 5.11. The van der Waals surface area contributed by atoms with E-state index in [1.165, 1.54) is 18.4 Å². The van der Waals surface area contributed by atoms with Crippen LogP contribution in [-0.4, -0.2) is 23.3 Å². The number of benzene rings is 2. The molecule has 5 nitrogen and oxygen atoms in total. The lowest BCUT2D eigenvalue weighted by Crippen LogP contribution is -2.42. The number of para-hydroxylation sites is 1. The highest BCUT2D eigenvalue weighted by Gasteiger charge is 2.50. The van der Waals surface area contributed by atoms with Gasteiger partial charge in [0.25, 0.3) is 5.91 Å². The number of furan rings is 1. The Morgan fingerprint density at radius 2 is 1.79 bits per heavy atom. The Morgan fingerprint density at radius 3 is 2.55 bits per heavy atom. The van der Waals surface area contributed by atoms with Gasteiger partial charge in [-0.1, -0.05) is 48.5 Å². The molecule has 29 heavy (non-hydrogen) atoms. The van der Waals surface area contributed by atoms with Gasteiger partial charge in [-0.3, -0.25) is 9.59 Å². The van der Waals surface area contributed by atoms with Gasteiger partial charge in [-0.15, -0.1) is 0 Å². The summed E-state index contributed by atoms with van der Waals surface area (Å²) in [5, 5.41) is 11.2. The van der Waals surface area contributed by atoms with Crippen LogP contribution >= 0.6 is 0 Å². The van der Waals surface area contributed by atoms with Crippen molar-refractivity contribution in [3.8, 4) is 0 Å². The summed E-state index contributed by atoms with van der Waals surface area (Å²) >= 11 is 0. The molecule has 0 radical (unpaired) electrons. The fraction of sp³-hybridized carbons (Fsp3) is 0.167. The molecule has 0 bridgehead atoms. The van der Waals surface area contributed by atoms with Crippen molar-refractivity contribution in [2.75, 3.05) is 11.4 Å². The molecule has 0 unspecified atom stereocenters. The number of carbonyl (C=O) groups is 2. The maximum absolute atomic E-state index is 13.2. The Bertz CT molecular complexity index is 1040. The van der Waals surface area contributed by atoms with E-state index < -0.39 is 11.5 Å². The van der Waals surface area contributed by atoms with E-state index in [0.717, 1.165) is 5.56 Å². The molecule has 0 saturated heterocycles. The second kappa shape index (κ2) is 7.89. The van der Waals surface area contributed by atoms with Crippen LogP contribution in [-0.2, 0) is 21.6 Å². The summed E-state index contributed by atoms with van der Waals surface area (Å²) in [6, 6.07) is 20.4. The van der Waals surface area contributed by atoms with Crippen LogP contribution in [0.15, 0.2) is 83.5 Å². The van der Waals surface area contributed by atoms with Gasteiger partial charge in [-0.25, -0.2) is 0 Å². The van der Waals surface area contributed by atoms with Gasteiger partial charge in [0.05, 0.1) is 18.4 Å². The van der Waals surface area contributed by atoms with E-state index in [0.29, 0.717) is 30.0 Å². The Balaban J connectivity index is 1.55. The van der Waals surface area contributed by atoms with Crippen molar-refractivity contribution in [3.63, 3.8) is 0 Å². The Labute approximate surface area is 168 Å². The van der Waals surface area contributed by atoms with E-state index in [1.54, 1.807) is 35.2 Å². The molecule has 0 saturated carbocycles. The number of amides is 1. The highest BCUT2D eigenvalue weighted by molar-refractivity contribution is 6.10. The van der Waals surface area contributed by atoms with Crippen molar-refractivity contribution in [2.45, 2.75) is 18.4 Å². The van der Waals surface area contributed by atoms with Crippen molar-refractivity contribution in [3.05, 3.63) is 96.0 Å². The summed E-state index contributed by atoms with van der Waals surface area (Å²) in [6.45, 7) is 0.429. The molecule has 1 atom stereocenters. The number of carbonyl (C=O) groups excluding carboxylic acids is 2. The molecule has 3 aromatic rings. The van der Waals surface area contributed by atoms with Crippen molar-refractivity contribution in [1.82, 2.24) is 0 Å². The quantitative estimate of drug-likeness (QED) is 0.627. The van der Waals surface area contributed by atoms with E-state index >= 15 is 0 Å². The van der Waals surface area contributed by atoms with Crippen molar-refractivity contribution >= 4 is 23.5 Å². The number of aliphatic hydroxyl groups is 1. The van der Waals surface area contributed by atoms with Crippen LogP contribution in [0.1, 0.15) is 23.3 Å². The molecule has 146 valence electrons. The first-order valence-electron chi connectivity index (χ1n) is 9.50. The number of rotatable bonds is 7. The topological polar surface area (TPSA) is 70.7 Å². The van der Waals surface area contributed by atoms with E-state index in [2.05, 4.69) is 0 Å². The normalized spacial score (nSPS) is 18.4. The predicted octanol–water partition coefficient (Wildman–Crippen LogP) is 3.73. The Hall–Kier alpha value is -3.44. The number of fused-ring (bicyclic) bond motifs is 1. The molecule has 0 spiro atoms. The van der Waals surface area contributed by atoms with Crippen LogP contribution in [0.3, 0.4) is 0 Å². The highest BCUT2D eigenvalue weighted by atomic mass is 16.3. The lowest BCUT2D eigenvalue weighted by Gasteiger charge is -2.22. The zero-order chi connectivity index (χ0) is 20.3. The third kappa shape index (κ3) is 3.77. The minimum absolute atomic E-state index is 0.318. The largest absolute Gasteiger partial charge is 0.465 e. The van der Waals surface area contributed by atoms with Crippen LogP contribution in [0.2, 0.25) is 0 Å². The van der Waals surface area contributed by atoms with Crippen molar-refractivity contribution in [2.24, 2.45) is 0 Å². The third-order valence-corrected chi connectivity index (χ3v) is 5.11. The Kier molecular flexibility index (Phi) is 5.14. The minimum atomic E-state index is -1.86. The summed E-state index contributed by atoms with van der Waals surface area (Å²) < 4.78 is 5.17. The SMILES string of the molecule is O=C(/C=C/c1ccco1)C[C@]1(O)C(=O)N(CCc2ccccc2)c2ccccc21. The molecule has 4 rings (SSSR count). The summed E-state index contributed by atoms with van der Waals surface area (Å²) in [4.78, 5) is 27.2. The maximum Gasteiger partial charge on any atom is 0.264 e. The van der Waals surface area contributed by atoms with Crippen LogP contribution in [0, 0.1) is 0 Å². The second-order valence-corrected chi connectivity index (χ2v) is 7.06. The van der Waals surface area contributed by atoms with E-state index in [9.17, 15) is 14.7 Å². The zero-order valence-corrected chi connectivity index (χ0v) is 15.8. The standard InChI is InChI=1S/C24H21NO4/c26-19(12-13-20-9-6-16-29-20)17-24(28)21-10-4-5-11-22(21)25(23(24)27)15-14-18-7-2-1-3-8-18/h1-13,16,28H,14-15,17H2/b13-12+/t24-/m1/s1. The molecule has 2 heterocycles. The number of anilines is 1. The van der Waals surface area contributed by atoms with Gasteiger partial charge in [-0.2, -0.15) is 0 Å². The summed E-state index contributed by atoms with van der Waals surface area (Å²) in [7, 11) is 0. The van der Waals surface area contributed by atoms with Gasteiger partial charge in [0.15, 0.2) is 11.4 Å². The van der Waals surface area contributed by atoms with E-state index in [4.69, 9.17) is 4.42 Å². The van der Waals surface area contributed by atoms with Gasteiger partial charge < -0.3 is 14.4 Å². The lowest BCUT2D eigenvalue weighted by molar-refractivity contribution is -0.140. The van der Waals surface area contributed by atoms with E-state index in [1.807, 2.05) is 36.4 Å². The summed E-state index contributed by atoms with van der Waals surface area (Å²) in [5.74, 6) is -0.278. The summed E-state index contributed by atoms with van der Waals surface area (Å²) in [6.07, 6.45) is 4.72. The summed E-state index contributed by atoms with van der Waals surface area (Å²) in [5.41, 5.74) is 0.361. The van der Waals surface area contributed by atoms with Gasteiger partial charge in [0.1, 0.15) is 5.76 Å². The van der Waals surface area contributed by atoms with Gasteiger partial charge in [-0.05, 0) is 42.3 Å². The van der Waals surface area contributed by atoms with Crippen molar-refractivity contribution < 1.29 is 19.1 Å². The molecule has 1 amide bonds. The maximum atomic E-state index is 13.2. The molecular formula is C24H21NO4. The monoisotopic (exact) mass is 387 g/mol. The molecule has 0 aliphatic carbocycles. The van der Waals surface area contributed by atoms with Crippen LogP contribution in [0.5, 0.6) is 0 Å². The van der Waals surface area contributed by atoms with Gasteiger partial charge >= 0.3 is 0 Å². The molecule has 2 aromatic carbocycles. The first kappa shape index (κ1) is 18.9. The average molecular weight is 387 g/mol. The first-order chi connectivity index (χ1) is 14.1. The zero-order valence-electron chi connectivity index (χ0n) is 15.8. The number of allylic oxidation sites excluding steroid dienone is 1. The van der Waals surface area contributed by atoms with Crippen molar-refractivity contribution in [1.29, 1.82) is 0 Å². The Morgan fingerprint density at radius 1 is 1.03 bits per heavy atom. The lowest BCUT2D eigenvalue weighted by atomic mass is 9.90. The molecule has 0 fully saturated rings.